The second-order valence-corrected chi connectivity index (χ2v) is 4.62. The van der Waals surface area contributed by atoms with Crippen molar-refractivity contribution < 1.29 is 28.8 Å². The van der Waals surface area contributed by atoms with E-state index in [1.165, 1.54) is 24.2 Å². The van der Waals surface area contributed by atoms with Crippen LogP contribution in [0.1, 0.15) is 32.1 Å². The predicted octanol–water partition coefficient (Wildman–Crippen LogP) is -2.72. The van der Waals surface area contributed by atoms with Gasteiger partial charge in [0.25, 0.3) is 0 Å². The second kappa shape index (κ2) is 6.54. The van der Waals surface area contributed by atoms with Crippen LogP contribution in [0, 0.1) is 0 Å². The van der Waals surface area contributed by atoms with Crippen LogP contribution < -0.4 is 24.0 Å². The van der Waals surface area contributed by atoms with E-state index < -0.39 is 6.09 Å². The Hall–Kier alpha value is -0.173. The summed E-state index contributed by atoms with van der Waals surface area (Å²) in [5.74, 6) is 0. The van der Waals surface area contributed by atoms with Crippen molar-refractivity contribution in [2.24, 2.45) is 0 Å². The largest absolute Gasteiger partial charge is 1.00 e. The number of rotatable bonds is 2. The molecule has 0 aliphatic carbocycles. The van der Waals surface area contributed by atoms with Gasteiger partial charge in [0.2, 0.25) is 0 Å². The van der Waals surface area contributed by atoms with Crippen LogP contribution in [0.4, 0.5) is 4.79 Å². The summed E-state index contributed by atoms with van der Waals surface area (Å²) in [6, 6.07) is 0.188. The number of piperidine rings is 1. The molecule has 0 spiro atoms. The van der Waals surface area contributed by atoms with E-state index in [0.717, 1.165) is 32.5 Å². The van der Waals surface area contributed by atoms with E-state index in [1.54, 1.807) is 0 Å². The van der Waals surface area contributed by atoms with Crippen molar-refractivity contribution in [2.75, 3.05) is 26.2 Å². The van der Waals surface area contributed by atoms with Crippen molar-refractivity contribution in [1.82, 2.24) is 9.80 Å². The standard InChI is InChI=1S/C11H20N2O2.Li/c14-11(15)13-8-4-5-10(13)9-12-6-2-1-3-7-12;/h10H,1-9H2,(H,14,15);/q;+1/p-1/t10-;/m0./s1. The van der Waals surface area contributed by atoms with Crippen molar-refractivity contribution in [1.29, 1.82) is 0 Å². The molecule has 0 radical (unpaired) electrons. The zero-order chi connectivity index (χ0) is 10.7. The van der Waals surface area contributed by atoms with Crippen LogP contribution in [-0.2, 0) is 0 Å². The molecule has 1 atom stereocenters. The van der Waals surface area contributed by atoms with Crippen LogP contribution in [0.25, 0.3) is 0 Å². The first-order chi connectivity index (χ1) is 7.27. The Morgan fingerprint density at radius 2 is 1.81 bits per heavy atom. The molecule has 86 valence electrons. The van der Waals surface area contributed by atoms with Crippen LogP contribution in [0.3, 0.4) is 0 Å². The number of carboxylic acid groups (broad SMARTS) is 1. The van der Waals surface area contributed by atoms with Gasteiger partial charge in [-0.3, -0.25) is 0 Å². The molecule has 0 aromatic carbocycles. The molecule has 2 rings (SSSR count). The molecular formula is C11H19LiN2O2. The summed E-state index contributed by atoms with van der Waals surface area (Å²) in [5, 5.41) is 10.8. The Morgan fingerprint density at radius 1 is 1.12 bits per heavy atom. The van der Waals surface area contributed by atoms with Gasteiger partial charge < -0.3 is 19.7 Å². The van der Waals surface area contributed by atoms with E-state index >= 15 is 0 Å². The Bertz CT molecular complexity index is 232. The van der Waals surface area contributed by atoms with Gasteiger partial charge in [-0.15, -0.1) is 0 Å². The topological polar surface area (TPSA) is 46.6 Å². The Kier molecular flexibility index (Phi) is 5.67. The zero-order valence-corrected chi connectivity index (χ0v) is 10.2. The number of likely N-dealkylation sites (tertiary alicyclic amines) is 2. The number of carbonyl (C=O) groups excluding carboxylic acids is 1. The number of carbonyl (C=O) groups is 1. The number of hydrogen-bond donors (Lipinski definition) is 0. The van der Waals surface area contributed by atoms with E-state index in [9.17, 15) is 9.90 Å². The monoisotopic (exact) mass is 218 g/mol. The van der Waals surface area contributed by atoms with Gasteiger partial charge in [-0.05, 0) is 38.8 Å². The third-order valence-corrected chi connectivity index (χ3v) is 3.53. The van der Waals surface area contributed by atoms with Crippen molar-refractivity contribution in [3.63, 3.8) is 0 Å². The maximum atomic E-state index is 10.8. The molecule has 0 aromatic rings. The average molecular weight is 218 g/mol. The van der Waals surface area contributed by atoms with Gasteiger partial charge in [0.05, 0.1) is 0 Å². The number of nitrogens with zero attached hydrogens (tertiary/aromatic N) is 2. The van der Waals surface area contributed by atoms with E-state index in [4.69, 9.17) is 0 Å². The summed E-state index contributed by atoms with van der Waals surface area (Å²) in [4.78, 5) is 14.8. The molecule has 0 bridgehead atoms. The van der Waals surface area contributed by atoms with Crippen LogP contribution >= 0.6 is 0 Å². The minimum atomic E-state index is -0.991. The summed E-state index contributed by atoms with van der Waals surface area (Å²) in [6.45, 7) is 3.85. The molecule has 2 saturated heterocycles. The molecule has 2 fully saturated rings. The summed E-state index contributed by atoms with van der Waals surface area (Å²) in [6.07, 6.45) is 4.85. The Labute approximate surface area is 109 Å². The van der Waals surface area contributed by atoms with E-state index in [2.05, 4.69) is 4.90 Å². The molecule has 2 aliphatic heterocycles. The number of hydrogen-bond acceptors (Lipinski definition) is 3. The minimum absolute atomic E-state index is 0. The van der Waals surface area contributed by atoms with Gasteiger partial charge in [-0.1, -0.05) is 6.42 Å². The smallest absolute Gasteiger partial charge is 0.530 e. The molecule has 0 unspecified atom stereocenters. The first-order valence-corrected chi connectivity index (χ1v) is 5.97. The van der Waals surface area contributed by atoms with E-state index in [1.807, 2.05) is 0 Å². The SMILES string of the molecule is O=C([O-])N1CCC[C@H]1CN1CCCCC1.[Li+]. The first kappa shape index (κ1) is 13.9. The maximum Gasteiger partial charge on any atom is 1.00 e. The fourth-order valence-electron chi connectivity index (χ4n) is 2.71. The summed E-state index contributed by atoms with van der Waals surface area (Å²) >= 11 is 0. The van der Waals surface area contributed by atoms with Gasteiger partial charge in [0.15, 0.2) is 0 Å². The van der Waals surface area contributed by atoms with Gasteiger partial charge >= 0.3 is 18.9 Å². The fourth-order valence-corrected chi connectivity index (χ4v) is 2.71. The average Bonchev–Trinajstić information content (AvgIpc) is 2.67. The molecule has 0 N–H and O–H groups in total. The minimum Gasteiger partial charge on any atom is -0.530 e. The quantitative estimate of drug-likeness (QED) is 0.473. The molecule has 5 heteroatoms. The summed E-state index contributed by atoms with van der Waals surface area (Å²) in [5.41, 5.74) is 0. The number of amides is 1. The van der Waals surface area contributed by atoms with Crippen molar-refractivity contribution in [3.8, 4) is 0 Å². The Balaban J connectivity index is 0.00000128. The fraction of sp³-hybridized carbons (Fsp3) is 0.909. The molecule has 16 heavy (non-hydrogen) atoms. The molecule has 0 aromatic heterocycles. The molecular weight excluding hydrogens is 199 g/mol. The van der Waals surface area contributed by atoms with Crippen molar-refractivity contribution >= 4 is 6.09 Å². The Morgan fingerprint density at radius 3 is 2.44 bits per heavy atom. The van der Waals surface area contributed by atoms with Gasteiger partial charge in [0, 0.05) is 19.1 Å². The predicted molar refractivity (Wildman–Crippen MR) is 55.4 cm³/mol. The molecule has 0 saturated carbocycles. The van der Waals surface area contributed by atoms with Crippen LogP contribution in [0.2, 0.25) is 0 Å². The third kappa shape index (κ3) is 3.41. The van der Waals surface area contributed by atoms with E-state index in [-0.39, 0.29) is 24.9 Å². The van der Waals surface area contributed by atoms with Crippen LogP contribution in [0.5, 0.6) is 0 Å². The maximum absolute atomic E-state index is 10.8. The molecule has 2 aliphatic rings. The van der Waals surface area contributed by atoms with Crippen LogP contribution in [0.15, 0.2) is 0 Å². The molecule has 2 heterocycles. The summed E-state index contributed by atoms with van der Waals surface area (Å²) in [7, 11) is 0. The van der Waals surface area contributed by atoms with Crippen molar-refractivity contribution in [3.05, 3.63) is 0 Å². The molecule has 4 nitrogen and oxygen atoms in total. The van der Waals surface area contributed by atoms with E-state index in [0.29, 0.717) is 6.54 Å². The van der Waals surface area contributed by atoms with Gasteiger partial charge in [0.1, 0.15) is 6.09 Å². The normalized spacial score (nSPS) is 26.5. The first-order valence-electron chi connectivity index (χ1n) is 5.97. The van der Waals surface area contributed by atoms with Crippen molar-refractivity contribution in [2.45, 2.75) is 38.1 Å². The third-order valence-electron chi connectivity index (χ3n) is 3.53. The summed E-state index contributed by atoms with van der Waals surface area (Å²) < 4.78 is 0. The molecule has 1 amide bonds. The van der Waals surface area contributed by atoms with Crippen LogP contribution in [-0.4, -0.2) is 48.1 Å². The van der Waals surface area contributed by atoms with Gasteiger partial charge in [-0.25, -0.2) is 0 Å². The zero-order valence-electron chi connectivity index (χ0n) is 10.2. The second-order valence-electron chi connectivity index (χ2n) is 4.62. The van der Waals surface area contributed by atoms with Gasteiger partial charge in [-0.2, -0.15) is 0 Å².